The average molecular weight is 346 g/mol. The molecule has 0 radical (unpaired) electrons. The van der Waals surface area contributed by atoms with Crippen LogP contribution in [0, 0.1) is 5.92 Å². The highest BCUT2D eigenvalue weighted by molar-refractivity contribution is 6.05. The van der Waals surface area contributed by atoms with Crippen LogP contribution >= 0.6 is 0 Å². The molecule has 1 aliphatic carbocycles. The van der Waals surface area contributed by atoms with E-state index in [9.17, 15) is 4.79 Å². The predicted octanol–water partition coefficient (Wildman–Crippen LogP) is 3.80. The molecule has 26 heavy (non-hydrogen) atoms. The predicted molar refractivity (Wildman–Crippen MR) is 100 cm³/mol. The molecule has 3 heterocycles. The summed E-state index contributed by atoms with van der Waals surface area (Å²) in [6, 6.07) is 14.1. The fraction of sp³-hybridized carbons (Fsp3) is 0.333. The molecule has 2 aliphatic rings. The van der Waals surface area contributed by atoms with Crippen molar-refractivity contribution >= 4 is 11.6 Å². The second-order valence-corrected chi connectivity index (χ2v) is 7.35. The van der Waals surface area contributed by atoms with E-state index >= 15 is 0 Å². The largest absolute Gasteiger partial charge is 0.357 e. The normalized spacial score (nSPS) is 19.4. The first-order valence-electron chi connectivity index (χ1n) is 9.37. The van der Waals surface area contributed by atoms with Crippen molar-refractivity contribution in [2.45, 2.75) is 31.7 Å². The van der Waals surface area contributed by atoms with E-state index in [1.54, 1.807) is 6.20 Å². The van der Waals surface area contributed by atoms with Crippen LogP contribution in [-0.4, -0.2) is 27.2 Å². The Hall–Kier alpha value is -2.82. The minimum atomic E-state index is 0.0279. The molecule has 5 rings (SSSR count). The first-order valence-corrected chi connectivity index (χ1v) is 9.37. The lowest BCUT2D eigenvalue weighted by molar-refractivity contribution is 0.0980. The summed E-state index contributed by atoms with van der Waals surface area (Å²) in [4.78, 5) is 17.8. The molecule has 5 nitrogen and oxygen atoms in total. The van der Waals surface area contributed by atoms with Crippen molar-refractivity contribution in [3.63, 3.8) is 0 Å². The molecule has 1 aliphatic heterocycles. The van der Waals surface area contributed by atoms with Crippen molar-refractivity contribution in [1.29, 1.82) is 0 Å². The van der Waals surface area contributed by atoms with Gasteiger partial charge in [0.25, 0.3) is 5.91 Å². The zero-order chi connectivity index (χ0) is 17.5. The Morgan fingerprint density at radius 1 is 1.12 bits per heavy atom. The summed E-state index contributed by atoms with van der Waals surface area (Å²) >= 11 is 0. The van der Waals surface area contributed by atoms with Crippen LogP contribution in [0.5, 0.6) is 0 Å². The third-order valence-corrected chi connectivity index (χ3v) is 5.48. The maximum Gasteiger partial charge on any atom is 0.274 e. The van der Waals surface area contributed by atoms with Crippen LogP contribution in [-0.2, 0) is 6.54 Å². The SMILES string of the molecule is O=C(c1ccc[nH]1)N1CC[C@@H](c2ccn(CC3CC3)n2)c2ccccc21. The van der Waals surface area contributed by atoms with Crippen molar-refractivity contribution in [3.05, 3.63) is 71.8 Å². The van der Waals surface area contributed by atoms with Crippen LogP contribution in [0.1, 0.15) is 46.9 Å². The Balaban J connectivity index is 1.46. The number of nitrogens with one attached hydrogen (secondary N) is 1. The summed E-state index contributed by atoms with van der Waals surface area (Å²) in [5.74, 6) is 1.09. The number of fused-ring (bicyclic) bond motifs is 1. The van der Waals surface area contributed by atoms with E-state index in [-0.39, 0.29) is 11.8 Å². The van der Waals surface area contributed by atoms with Crippen molar-refractivity contribution in [3.8, 4) is 0 Å². The van der Waals surface area contributed by atoms with E-state index in [0.29, 0.717) is 12.2 Å². The van der Waals surface area contributed by atoms with Crippen LogP contribution in [0.4, 0.5) is 5.69 Å². The fourth-order valence-electron chi connectivity index (χ4n) is 3.92. The summed E-state index contributed by atoms with van der Waals surface area (Å²) in [5.41, 5.74) is 3.94. The van der Waals surface area contributed by atoms with Gasteiger partial charge in [-0.2, -0.15) is 5.10 Å². The quantitative estimate of drug-likeness (QED) is 0.781. The third kappa shape index (κ3) is 2.73. The Morgan fingerprint density at radius 3 is 2.81 bits per heavy atom. The number of nitrogens with zero attached hydrogens (tertiary/aromatic N) is 3. The Morgan fingerprint density at radius 2 is 2.00 bits per heavy atom. The summed E-state index contributed by atoms with van der Waals surface area (Å²) in [7, 11) is 0. The van der Waals surface area contributed by atoms with Crippen molar-refractivity contribution < 1.29 is 4.79 Å². The van der Waals surface area contributed by atoms with Crippen LogP contribution in [0.2, 0.25) is 0 Å². The van der Waals surface area contributed by atoms with Crippen molar-refractivity contribution in [2.24, 2.45) is 5.92 Å². The molecule has 0 unspecified atom stereocenters. The number of carbonyl (C=O) groups excluding carboxylic acids is 1. The Bertz CT molecular complexity index is 923. The average Bonchev–Trinajstić information content (AvgIpc) is 3.12. The van der Waals surface area contributed by atoms with Gasteiger partial charge in [0, 0.05) is 37.1 Å². The topological polar surface area (TPSA) is 53.9 Å². The van der Waals surface area contributed by atoms with Crippen LogP contribution < -0.4 is 4.90 Å². The zero-order valence-electron chi connectivity index (χ0n) is 14.6. The van der Waals surface area contributed by atoms with E-state index in [1.165, 1.54) is 18.4 Å². The Labute approximate surface area is 152 Å². The van der Waals surface area contributed by atoms with Crippen LogP contribution in [0.25, 0.3) is 0 Å². The minimum absolute atomic E-state index is 0.0279. The van der Waals surface area contributed by atoms with E-state index < -0.39 is 0 Å². The van der Waals surface area contributed by atoms with Gasteiger partial charge in [0.05, 0.1) is 5.69 Å². The molecular formula is C21H22N4O. The van der Waals surface area contributed by atoms with Gasteiger partial charge in [-0.05, 0) is 55.0 Å². The molecule has 3 aromatic rings. The van der Waals surface area contributed by atoms with E-state index in [0.717, 1.165) is 30.3 Å². The molecule has 1 atom stereocenters. The number of hydrogen-bond acceptors (Lipinski definition) is 2. The molecule has 132 valence electrons. The van der Waals surface area contributed by atoms with Gasteiger partial charge in [-0.1, -0.05) is 18.2 Å². The first kappa shape index (κ1) is 15.4. The number of H-pyrrole nitrogens is 1. The van der Waals surface area contributed by atoms with Gasteiger partial charge in [0.2, 0.25) is 0 Å². The maximum atomic E-state index is 12.9. The molecule has 1 N–H and O–H groups in total. The molecular weight excluding hydrogens is 324 g/mol. The van der Waals surface area contributed by atoms with Crippen LogP contribution in [0.3, 0.4) is 0 Å². The molecule has 1 saturated carbocycles. The molecule has 0 saturated heterocycles. The van der Waals surface area contributed by atoms with Gasteiger partial charge in [-0.25, -0.2) is 0 Å². The number of para-hydroxylation sites is 1. The molecule has 1 amide bonds. The van der Waals surface area contributed by atoms with Crippen molar-refractivity contribution in [1.82, 2.24) is 14.8 Å². The number of anilines is 1. The summed E-state index contributed by atoms with van der Waals surface area (Å²) in [5, 5.41) is 4.84. The number of aromatic amines is 1. The standard InChI is InChI=1S/C21H22N4O/c26-21(19-5-3-11-22-19)25-13-9-16(17-4-1-2-6-20(17)25)18-10-12-24(23-18)14-15-7-8-15/h1-6,10-12,15-16,22H,7-9,13-14H2/t16-/m1/s1. The zero-order valence-corrected chi connectivity index (χ0v) is 14.6. The summed E-state index contributed by atoms with van der Waals surface area (Å²) in [6.07, 6.45) is 7.45. The fourth-order valence-corrected chi connectivity index (χ4v) is 3.92. The number of amides is 1. The summed E-state index contributed by atoms with van der Waals surface area (Å²) < 4.78 is 2.09. The van der Waals surface area contributed by atoms with Gasteiger partial charge in [0.1, 0.15) is 5.69 Å². The molecule has 0 spiro atoms. The minimum Gasteiger partial charge on any atom is -0.357 e. The molecule has 1 aromatic carbocycles. The van der Waals surface area contributed by atoms with Gasteiger partial charge < -0.3 is 9.88 Å². The monoisotopic (exact) mass is 346 g/mol. The maximum absolute atomic E-state index is 12.9. The van der Waals surface area contributed by atoms with E-state index in [1.807, 2.05) is 29.2 Å². The first-order chi connectivity index (χ1) is 12.8. The molecule has 5 heteroatoms. The van der Waals surface area contributed by atoms with E-state index in [2.05, 4.69) is 34.1 Å². The molecule has 0 bridgehead atoms. The second-order valence-electron chi connectivity index (χ2n) is 7.35. The molecule has 1 fully saturated rings. The van der Waals surface area contributed by atoms with Gasteiger partial charge in [0.15, 0.2) is 0 Å². The highest BCUT2D eigenvalue weighted by atomic mass is 16.2. The van der Waals surface area contributed by atoms with Gasteiger partial charge in [-0.3, -0.25) is 9.48 Å². The van der Waals surface area contributed by atoms with Gasteiger partial charge in [-0.15, -0.1) is 0 Å². The number of carbonyl (C=O) groups is 1. The second kappa shape index (κ2) is 6.16. The molecule has 2 aromatic heterocycles. The highest BCUT2D eigenvalue weighted by Crippen LogP contribution is 2.39. The van der Waals surface area contributed by atoms with Gasteiger partial charge >= 0.3 is 0 Å². The van der Waals surface area contributed by atoms with E-state index in [4.69, 9.17) is 5.10 Å². The lowest BCUT2D eigenvalue weighted by Crippen LogP contribution is -2.37. The highest BCUT2D eigenvalue weighted by Gasteiger charge is 2.31. The lowest BCUT2D eigenvalue weighted by atomic mass is 9.87. The number of benzene rings is 1. The third-order valence-electron chi connectivity index (χ3n) is 5.48. The number of hydrogen-bond donors (Lipinski definition) is 1. The summed E-state index contributed by atoms with van der Waals surface area (Å²) in [6.45, 7) is 1.74. The lowest BCUT2D eigenvalue weighted by Gasteiger charge is -2.33. The van der Waals surface area contributed by atoms with Crippen molar-refractivity contribution in [2.75, 3.05) is 11.4 Å². The van der Waals surface area contributed by atoms with Crippen LogP contribution in [0.15, 0.2) is 54.9 Å². The number of rotatable bonds is 4. The number of aromatic nitrogens is 3. The Kier molecular flexibility index (Phi) is 3.66. The smallest absolute Gasteiger partial charge is 0.274 e.